The fourth-order valence-electron chi connectivity index (χ4n) is 2.21. The highest BCUT2D eigenvalue weighted by Crippen LogP contribution is 2.35. The maximum atomic E-state index is 12.1. The molecule has 0 unspecified atom stereocenters. The van der Waals surface area contributed by atoms with Gasteiger partial charge in [-0.05, 0) is 5.57 Å². The first-order valence-electron chi connectivity index (χ1n) is 5.94. The van der Waals surface area contributed by atoms with Crippen LogP contribution in [0.3, 0.4) is 0 Å². The molecule has 1 saturated heterocycles. The van der Waals surface area contributed by atoms with Gasteiger partial charge in [0.05, 0.1) is 6.61 Å². The van der Waals surface area contributed by atoms with Crippen molar-refractivity contribution in [1.29, 1.82) is 0 Å². The number of nitrogens with two attached hydrogens (primary N) is 1. The van der Waals surface area contributed by atoms with Crippen LogP contribution in [0.15, 0.2) is 16.9 Å². The summed E-state index contributed by atoms with van der Waals surface area (Å²) in [5, 5.41) is 29.0. The molecule has 3 atom stereocenters. The van der Waals surface area contributed by atoms with E-state index >= 15 is 0 Å². The van der Waals surface area contributed by atoms with Crippen molar-refractivity contribution < 1.29 is 20.1 Å². The fraction of sp³-hybridized carbons (Fsp3) is 0.364. The molecule has 21 heavy (non-hydrogen) atoms. The van der Waals surface area contributed by atoms with Gasteiger partial charge in [-0.25, -0.2) is 0 Å². The highest BCUT2D eigenvalue weighted by Gasteiger charge is 2.40. The Hall–Kier alpha value is -2.01. The zero-order valence-electron chi connectivity index (χ0n) is 10.6. The summed E-state index contributed by atoms with van der Waals surface area (Å²) in [5.74, 6) is -0.625. The summed E-state index contributed by atoms with van der Waals surface area (Å²) in [6.45, 7) is 3.27. The van der Waals surface area contributed by atoms with Crippen molar-refractivity contribution in [2.75, 3.05) is 12.3 Å². The van der Waals surface area contributed by atoms with Crippen molar-refractivity contribution in [3.8, 4) is 5.88 Å². The number of nitrogens with zero attached hydrogens (tertiary/aromatic N) is 3. The summed E-state index contributed by atoms with van der Waals surface area (Å²) in [6.07, 6.45) is -3.06. The van der Waals surface area contributed by atoms with Crippen LogP contribution < -0.4 is 10.6 Å². The first-order valence-corrected chi connectivity index (χ1v) is 6.76. The minimum absolute atomic E-state index is 0.0606. The number of aromatic hydroxyl groups is 1. The highest BCUT2D eigenvalue weighted by atomic mass is 32.1. The summed E-state index contributed by atoms with van der Waals surface area (Å²) in [6, 6.07) is 0. The molecule has 1 fully saturated rings. The summed E-state index contributed by atoms with van der Waals surface area (Å²) in [4.78, 5) is 19.1. The van der Waals surface area contributed by atoms with Gasteiger partial charge in [0.2, 0.25) is 11.8 Å². The zero-order chi connectivity index (χ0) is 15.3. The Bertz CT molecular complexity index is 785. The Morgan fingerprint density at radius 1 is 1.48 bits per heavy atom. The van der Waals surface area contributed by atoms with Crippen LogP contribution in [0.2, 0.25) is 0 Å². The molecule has 2 aromatic heterocycles. The molecule has 112 valence electrons. The van der Waals surface area contributed by atoms with Gasteiger partial charge in [0.1, 0.15) is 16.9 Å². The topological polar surface area (TPSA) is 144 Å². The molecule has 3 heterocycles. The Morgan fingerprint density at radius 2 is 2.19 bits per heavy atom. The van der Waals surface area contributed by atoms with Gasteiger partial charge in [0.15, 0.2) is 11.9 Å². The van der Waals surface area contributed by atoms with E-state index in [-0.39, 0.29) is 28.5 Å². The van der Waals surface area contributed by atoms with Gasteiger partial charge < -0.3 is 25.8 Å². The number of aliphatic hydroxyl groups excluding tert-OH is 2. The third-order valence-electron chi connectivity index (χ3n) is 3.25. The molecule has 0 bridgehead atoms. The molecule has 0 amide bonds. The lowest BCUT2D eigenvalue weighted by molar-refractivity contribution is -0.0492. The fourth-order valence-corrected chi connectivity index (χ4v) is 3.05. The minimum atomic E-state index is -1.18. The Kier molecular flexibility index (Phi) is 3.17. The van der Waals surface area contributed by atoms with Crippen molar-refractivity contribution in [2.45, 2.75) is 18.4 Å². The molecule has 0 aliphatic carbocycles. The minimum Gasteiger partial charge on any atom is -0.492 e. The second-order valence-electron chi connectivity index (χ2n) is 4.51. The van der Waals surface area contributed by atoms with E-state index in [4.69, 9.17) is 10.5 Å². The number of aromatic nitrogens is 3. The van der Waals surface area contributed by atoms with Crippen LogP contribution in [0.4, 0.5) is 5.95 Å². The molecule has 3 rings (SSSR count). The predicted molar refractivity (Wildman–Crippen MR) is 73.9 cm³/mol. The van der Waals surface area contributed by atoms with Crippen LogP contribution in [0.25, 0.3) is 10.3 Å². The number of hydrogen-bond donors (Lipinski definition) is 4. The molecular formula is C11H12N4O5S. The summed E-state index contributed by atoms with van der Waals surface area (Å²) in [5.41, 5.74) is 5.79. The van der Waals surface area contributed by atoms with Gasteiger partial charge in [-0.1, -0.05) is 17.9 Å². The lowest BCUT2D eigenvalue weighted by atomic mass is 10.1. The van der Waals surface area contributed by atoms with E-state index < -0.39 is 29.2 Å². The lowest BCUT2D eigenvalue weighted by Crippen LogP contribution is -2.27. The lowest BCUT2D eigenvalue weighted by Gasteiger charge is -2.15. The van der Waals surface area contributed by atoms with E-state index in [1.165, 1.54) is 0 Å². The summed E-state index contributed by atoms with van der Waals surface area (Å²) >= 11 is 0.707. The van der Waals surface area contributed by atoms with Crippen LogP contribution in [0.5, 0.6) is 5.88 Å². The first-order chi connectivity index (χ1) is 9.93. The quantitative estimate of drug-likeness (QED) is 0.514. The largest absolute Gasteiger partial charge is 0.492 e. The van der Waals surface area contributed by atoms with Crippen molar-refractivity contribution in [2.24, 2.45) is 0 Å². The smallest absolute Gasteiger partial charge is 0.311 e. The number of hydrogen-bond acceptors (Lipinski definition) is 9. The Balaban J connectivity index is 2.19. The SMILES string of the molecule is C=C1[C@@H](O)[C@H](n2c(=O)sc3c(O)nc(N)nc32)O[C@@H]1CO. The number of thiazole rings is 1. The van der Waals surface area contributed by atoms with Crippen LogP contribution in [-0.4, -0.2) is 48.7 Å². The second kappa shape index (κ2) is 4.77. The molecule has 1 aliphatic rings. The van der Waals surface area contributed by atoms with Gasteiger partial charge in [0, 0.05) is 0 Å². The van der Waals surface area contributed by atoms with Crippen LogP contribution >= 0.6 is 11.3 Å². The van der Waals surface area contributed by atoms with Gasteiger partial charge >= 0.3 is 4.87 Å². The number of fused-ring (bicyclic) bond motifs is 1. The molecular weight excluding hydrogens is 300 g/mol. The van der Waals surface area contributed by atoms with Crippen LogP contribution in [0.1, 0.15) is 6.23 Å². The zero-order valence-corrected chi connectivity index (χ0v) is 11.4. The first kappa shape index (κ1) is 13.9. The number of anilines is 1. The molecule has 10 heteroatoms. The van der Waals surface area contributed by atoms with Crippen molar-refractivity contribution in [3.05, 3.63) is 21.8 Å². The molecule has 5 N–H and O–H groups in total. The third-order valence-corrected chi connectivity index (χ3v) is 4.19. The average Bonchev–Trinajstić information content (AvgIpc) is 2.89. The Morgan fingerprint density at radius 3 is 2.81 bits per heavy atom. The molecule has 0 spiro atoms. The monoisotopic (exact) mass is 312 g/mol. The number of ether oxygens (including phenoxy) is 1. The standard InChI is InChI=1S/C11H12N4O5S/c1-3-4(2-16)20-9(5(3)17)15-7-6(21-11(15)19)8(18)14-10(12)13-7/h4-5,9,16-17H,1-2H2,(H3,12,13,14,18)/t4-,5-,9-/m1/s1. The molecule has 0 aromatic carbocycles. The van der Waals surface area contributed by atoms with Crippen LogP contribution in [0, 0.1) is 0 Å². The maximum Gasteiger partial charge on any atom is 0.311 e. The van der Waals surface area contributed by atoms with Gasteiger partial charge in [0.25, 0.3) is 0 Å². The average molecular weight is 312 g/mol. The van der Waals surface area contributed by atoms with Gasteiger partial charge in [-0.15, -0.1) is 0 Å². The number of rotatable bonds is 2. The Labute approximate surface area is 121 Å². The second-order valence-corrected chi connectivity index (χ2v) is 5.48. The molecule has 1 aliphatic heterocycles. The molecule has 0 radical (unpaired) electrons. The summed E-state index contributed by atoms with van der Waals surface area (Å²) in [7, 11) is 0. The number of aliphatic hydroxyl groups is 2. The van der Waals surface area contributed by atoms with Crippen LogP contribution in [-0.2, 0) is 4.74 Å². The van der Waals surface area contributed by atoms with Gasteiger partial charge in [-0.2, -0.15) is 9.97 Å². The maximum absolute atomic E-state index is 12.1. The van der Waals surface area contributed by atoms with Crippen molar-refractivity contribution in [3.63, 3.8) is 0 Å². The van der Waals surface area contributed by atoms with Crippen molar-refractivity contribution >= 4 is 27.6 Å². The highest BCUT2D eigenvalue weighted by molar-refractivity contribution is 7.16. The normalized spacial score (nSPS) is 25.8. The third kappa shape index (κ3) is 2.00. The van der Waals surface area contributed by atoms with Crippen molar-refractivity contribution in [1.82, 2.24) is 14.5 Å². The van der Waals surface area contributed by atoms with Gasteiger partial charge in [-0.3, -0.25) is 9.36 Å². The number of nitrogen functional groups attached to an aromatic ring is 1. The van der Waals surface area contributed by atoms with E-state index in [0.29, 0.717) is 11.3 Å². The molecule has 2 aromatic rings. The predicted octanol–water partition coefficient (Wildman–Crippen LogP) is -1.05. The van der Waals surface area contributed by atoms with E-state index in [2.05, 4.69) is 16.5 Å². The summed E-state index contributed by atoms with van der Waals surface area (Å²) < 4.78 is 6.65. The van der Waals surface area contributed by atoms with E-state index in [9.17, 15) is 20.1 Å². The van der Waals surface area contributed by atoms with E-state index in [1.807, 2.05) is 0 Å². The van der Waals surface area contributed by atoms with E-state index in [0.717, 1.165) is 4.57 Å². The van der Waals surface area contributed by atoms with E-state index in [1.54, 1.807) is 0 Å². The molecule has 0 saturated carbocycles. The molecule has 9 nitrogen and oxygen atoms in total.